The molecule has 0 spiro atoms. The summed E-state index contributed by atoms with van der Waals surface area (Å²) in [5, 5.41) is 2.82. The Bertz CT molecular complexity index is 1070. The maximum Gasteiger partial charge on any atom is 0.238 e. The summed E-state index contributed by atoms with van der Waals surface area (Å²) in [6, 6.07) is 13.5. The van der Waals surface area contributed by atoms with Gasteiger partial charge in [-0.05, 0) is 61.3 Å². The first kappa shape index (κ1) is 21.7. The number of carbonyl (C=O) groups is 1. The highest BCUT2D eigenvalue weighted by atomic mass is 19.1. The van der Waals surface area contributed by atoms with Crippen molar-refractivity contribution in [1.82, 2.24) is 14.9 Å². The number of ether oxygens (including phenoxy) is 1. The van der Waals surface area contributed by atoms with Gasteiger partial charge in [-0.2, -0.15) is 0 Å². The summed E-state index contributed by atoms with van der Waals surface area (Å²) in [6.07, 6.45) is 3.66. The van der Waals surface area contributed by atoms with Crippen LogP contribution in [0.3, 0.4) is 0 Å². The predicted molar refractivity (Wildman–Crippen MR) is 122 cm³/mol. The molecule has 0 radical (unpaired) electrons. The standard InChI is InChI=1S/C24H26FN5O2/c1-32-20-10-4-16(5-11-20)21-13-27-24(26)29-23(21)17-3-2-12-30(14-17)15-22(31)28-19-8-6-18(25)7-9-19/h4-11,13,17H,2-3,12,14-15H2,1H3,(H,28,31)(H2,26,27,29)/t17-/m0/s1. The third-order valence-corrected chi connectivity index (χ3v) is 5.63. The molecule has 1 amide bonds. The van der Waals surface area contributed by atoms with Gasteiger partial charge >= 0.3 is 0 Å². The second-order valence-electron chi connectivity index (χ2n) is 7.88. The number of methoxy groups -OCH3 is 1. The smallest absolute Gasteiger partial charge is 0.238 e. The summed E-state index contributed by atoms with van der Waals surface area (Å²) in [5.41, 5.74) is 9.32. The molecule has 7 nitrogen and oxygen atoms in total. The molecule has 1 fully saturated rings. The lowest BCUT2D eigenvalue weighted by Crippen LogP contribution is -2.40. The van der Waals surface area contributed by atoms with E-state index in [2.05, 4.69) is 20.2 Å². The van der Waals surface area contributed by atoms with Gasteiger partial charge in [0, 0.05) is 29.9 Å². The van der Waals surface area contributed by atoms with E-state index in [0.717, 1.165) is 42.0 Å². The number of nitrogen functional groups attached to an aromatic ring is 1. The zero-order valence-electron chi connectivity index (χ0n) is 17.9. The number of nitrogens with one attached hydrogen (secondary N) is 1. The first-order chi connectivity index (χ1) is 15.5. The fraction of sp³-hybridized carbons (Fsp3) is 0.292. The number of nitrogens with two attached hydrogens (primary N) is 1. The Morgan fingerprint density at radius 3 is 2.69 bits per heavy atom. The lowest BCUT2D eigenvalue weighted by molar-refractivity contribution is -0.117. The molecule has 1 atom stereocenters. The molecule has 3 N–H and O–H groups in total. The van der Waals surface area contributed by atoms with Crippen LogP contribution < -0.4 is 15.8 Å². The van der Waals surface area contributed by atoms with Crippen molar-refractivity contribution in [2.24, 2.45) is 0 Å². The van der Waals surface area contributed by atoms with E-state index in [4.69, 9.17) is 10.5 Å². The fourth-order valence-corrected chi connectivity index (χ4v) is 4.07. The molecule has 1 saturated heterocycles. The number of halogens is 1. The number of hydrogen-bond acceptors (Lipinski definition) is 6. The van der Waals surface area contributed by atoms with Crippen LogP contribution in [-0.2, 0) is 4.79 Å². The average Bonchev–Trinajstić information content (AvgIpc) is 2.81. The van der Waals surface area contributed by atoms with Gasteiger partial charge in [-0.3, -0.25) is 9.69 Å². The molecule has 0 unspecified atom stereocenters. The lowest BCUT2D eigenvalue weighted by Gasteiger charge is -2.32. The molecule has 0 aliphatic carbocycles. The van der Waals surface area contributed by atoms with Crippen LogP contribution in [0, 0.1) is 5.82 Å². The van der Waals surface area contributed by atoms with E-state index in [1.807, 2.05) is 24.3 Å². The van der Waals surface area contributed by atoms with Gasteiger partial charge in [0.15, 0.2) is 0 Å². The van der Waals surface area contributed by atoms with E-state index in [1.54, 1.807) is 25.4 Å². The van der Waals surface area contributed by atoms with Crippen molar-refractivity contribution in [2.45, 2.75) is 18.8 Å². The van der Waals surface area contributed by atoms with E-state index in [9.17, 15) is 9.18 Å². The van der Waals surface area contributed by atoms with Gasteiger partial charge in [-0.25, -0.2) is 14.4 Å². The second kappa shape index (κ2) is 9.74. The summed E-state index contributed by atoms with van der Waals surface area (Å²) in [7, 11) is 1.63. The maximum absolute atomic E-state index is 13.1. The van der Waals surface area contributed by atoms with Gasteiger partial charge in [0.25, 0.3) is 0 Å². The minimum atomic E-state index is -0.335. The second-order valence-corrected chi connectivity index (χ2v) is 7.88. The zero-order chi connectivity index (χ0) is 22.5. The molecule has 1 aliphatic heterocycles. The Balaban J connectivity index is 1.48. The molecular formula is C24H26FN5O2. The molecule has 1 aliphatic rings. The highest BCUT2D eigenvalue weighted by Gasteiger charge is 2.26. The number of piperidine rings is 1. The first-order valence-corrected chi connectivity index (χ1v) is 10.6. The van der Waals surface area contributed by atoms with Crippen molar-refractivity contribution in [3.63, 3.8) is 0 Å². The van der Waals surface area contributed by atoms with E-state index in [-0.39, 0.29) is 30.1 Å². The molecule has 4 rings (SSSR count). The number of nitrogens with zero attached hydrogens (tertiary/aromatic N) is 3. The van der Waals surface area contributed by atoms with Crippen LogP contribution in [0.1, 0.15) is 24.5 Å². The molecule has 166 valence electrons. The molecular weight excluding hydrogens is 409 g/mol. The SMILES string of the molecule is COc1ccc(-c2cnc(N)nc2[C@H]2CCCN(CC(=O)Nc3ccc(F)cc3)C2)cc1. The number of hydrogen-bond donors (Lipinski definition) is 2. The molecule has 0 bridgehead atoms. The topological polar surface area (TPSA) is 93.4 Å². The minimum Gasteiger partial charge on any atom is -0.497 e. The van der Waals surface area contributed by atoms with Gasteiger partial charge < -0.3 is 15.8 Å². The third-order valence-electron chi connectivity index (χ3n) is 5.63. The van der Waals surface area contributed by atoms with E-state index >= 15 is 0 Å². The number of rotatable bonds is 6. The Morgan fingerprint density at radius 2 is 1.97 bits per heavy atom. The number of likely N-dealkylation sites (tertiary alicyclic amines) is 1. The Kier molecular flexibility index (Phi) is 6.61. The van der Waals surface area contributed by atoms with Crippen LogP contribution in [0.4, 0.5) is 16.0 Å². The summed E-state index contributed by atoms with van der Waals surface area (Å²) in [5.74, 6) is 0.685. The monoisotopic (exact) mass is 435 g/mol. The number of aromatic nitrogens is 2. The van der Waals surface area contributed by atoms with Crippen LogP contribution in [0.15, 0.2) is 54.7 Å². The van der Waals surface area contributed by atoms with Gasteiger partial charge in [0.1, 0.15) is 11.6 Å². The van der Waals surface area contributed by atoms with Crippen molar-refractivity contribution < 1.29 is 13.9 Å². The molecule has 8 heteroatoms. The van der Waals surface area contributed by atoms with Gasteiger partial charge in [-0.1, -0.05) is 12.1 Å². The van der Waals surface area contributed by atoms with Crippen LogP contribution in [-0.4, -0.2) is 47.5 Å². The summed E-state index contributed by atoms with van der Waals surface area (Å²) in [6.45, 7) is 1.77. The summed E-state index contributed by atoms with van der Waals surface area (Å²) < 4.78 is 18.3. The highest BCUT2D eigenvalue weighted by Crippen LogP contribution is 2.34. The Morgan fingerprint density at radius 1 is 1.22 bits per heavy atom. The lowest BCUT2D eigenvalue weighted by atomic mass is 9.90. The third kappa shape index (κ3) is 5.20. The number of carbonyl (C=O) groups excluding carboxylic acids is 1. The predicted octanol–water partition coefficient (Wildman–Crippen LogP) is 3.69. The average molecular weight is 436 g/mol. The number of anilines is 2. The van der Waals surface area contributed by atoms with Crippen molar-refractivity contribution in [1.29, 1.82) is 0 Å². The van der Waals surface area contributed by atoms with Gasteiger partial charge in [-0.15, -0.1) is 0 Å². The van der Waals surface area contributed by atoms with Gasteiger partial charge in [0.2, 0.25) is 11.9 Å². The number of amides is 1. The first-order valence-electron chi connectivity index (χ1n) is 10.6. The van der Waals surface area contributed by atoms with E-state index < -0.39 is 0 Å². The molecule has 1 aromatic heterocycles. The van der Waals surface area contributed by atoms with Crippen molar-refractivity contribution in [3.05, 3.63) is 66.2 Å². The maximum atomic E-state index is 13.1. The Labute approximate surface area is 186 Å². The van der Waals surface area contributed by atoms with Crippen molar-refractivity contribution in [2.75, 3.05) is 37.8 Å². The fourth-order valence-electron chi connectivity index (χ4n) is 4.07. The van der Waals surface area contributed by atoms with Crippen LogP contribution in [0.2, 0.25) is 0 Å². The Hall–Kier alpha value is -3.52. The van der Waals surface area contributed by atoms with Crippen LogP contribution >= 0.6 is 0 Å². The highest BCUT2D eigenvalue weighted by molar-refractivity contribution is 5.92. The summed E-state index contributed by atoms with van der Waals surface area (Å²) in [4.78, 5) is 23.4. The van der Waals surface area contributed by atoms with Crippen molar-refractivity contribution >= 4 is 17.5 Å². The zero-order valence-corrected chi connectivity index (χ0v) is 17.9. The van der Waals surface area contributed by atoms with Crippen molar-refractivity contribution in [3.8, 4) is 16.9 Å². The molecule has 0 saturated carbocycles. The van der Waals surface area contributed by atoms with Gasteiger partial charge in [0.05, 0.1) is 19.3 Å². The largest absolute Gasteiger partial charge is 0.497 e. The van der Waals surface area contributed by atoms with Crippen LogP contribution in [0.5, 0.6) is 5.75 Å². The minimum absolute atomic E-state index is 0.129. The molecule has 2 aromatic carbocycles. The van der Waals surface area contributed by atoms with E-state index in [0.29, 0.717) is 12.2 Å². The molecule has 2 heterocycles. The number of benzene rings is 2. The molecule has 32 heavy (non-hydrogen) atoms. The van der Waals surface area contributed by atoms with Crippen LogP contribution in [0.25, 0.3) is 11.1 Å². The van der Waals surface area contributed by atoms with E-state index in [1.165, 1.54) is 12.1 Å². The molecule has 3 aromatic rings. The quantitative estimate of drug-likeness (QED) is 0.613. The summed E-state index contributed by atoms with van der Waals surface area (Å²) >= 11 is 0. The normalized spacial score (nSPS) is 16.5.